The van der Waals surface area contributed by atoms with Crippen molar-refractivity contribution in [3.63, 3.8) is 0 Å². The van der Waals surface area contributed by atoms with Gasteiger partial charge in [-0.05, 0) is 18.1 Å². The van der Waals surface area contributed by atoms with Crippen LogP contribution in [0.25, 0.3) is 0 Å². The van der Waals surface area contributed by atoms with E-state index in [1.165, 1.54) is 0 Å². The standard InChI is InChI=1S/C9H10O.H4N2/c1-2-5-8-6-3-4-7-9(8)10;1-2/h2-4,6-7,10H,1,5H2;1-2H2. The monoisotopic (exact) mass is 166 g/mol. The molecule has 1 rings (SSSR count). The van der Waals surface area contributed by atoms with E-state index in [2.05, 4.69) is 18.3 Å². The molecule has 1 aromatic carbocycles. The lowest BCUT2D eigenvalue weighted by Crippen LogP contribution is -2.02. The lowest BCUT2D eigenvalue weighted by Gasteiger charge is -1.97. The number of allylic oxidation sites excluding steroid dienone is 1. The van der Waals surface area contributed by atoms with Gasteiger partial charge < -0.3 is 5.11 Å². The van der Waals surface area contributed by atoms with Crippen molar-refractivity contribution in [1.82, 2.24) is 0 Å². The molecule has 0 aromatic heterocycles. The maximum Gasteiger partial charge on any atom is 0.119 e. The first kappa shape index (κ1) is 10.7. The van der Waals surface area contributed by atoms with Crippen LogP contribution in [-0.2, 0) is 6.42 Å². The Balaban J connectivity index is 0.000000561. The van der Waals surface area contributed by atoms with Gasteiger partial charge >= 0.3 is 0 Å². The SMILES string of the molecule is C=CCc1ccccc1O.NN. The number of para-hydroxylation sites is 1. The molecule has 0 aliphatic heterocycles. The summed E-state index contributed by atoms with van der Waals surface area (Å²) in [5.74, 6) is 8.35. The van der Waals surface area contributed by atoms with E-state index in [4.69, 9.17) is 0 Å². The maximum atomic E-state index is 9.19. The van der Waals surface area contributed by atoms with Crippen LogP contribution >= 0.6 is 0 Å². The van der Waals surface area contributed by atoms with E-state index in [0.29, 0.717) is 5.75 Å². The highest BCUT2D eigenvalue weighted by Gasteiger charge is 1.93. The summed E-state index contributed by atoms with van der Waals surface area (Å²) in [5, 5.41) is 9.19. The van der Waals surface area contributed by atoms with Crippen molar-refractivity contribution in [1.29, 1.82) is 0 Å². The van der Waals surface area contributed by atoms with Crippen LogP contribution in [0.4, 0.5) is 0 Å². The Hall–Kier alpha value is -1.32. The lowest BCUT2D eigenvalue weighted by atomic mass is 10.1. The highest BCUT2D eigenvalue weighted by atomic mass is 16.3. The largest absolute Gasteiger partial charge is 0.508 e. The molecular weight excluding hydrogens is 152 g/mol. The van der Waals surface area contributed by atoms with Crippen molar-refractivity contribution in [2.75, 3.05) is 0 Å². The Kier molecular flexibility index (Phi) is 5.69. The molecule has 0 saturated carbocycles. The summed E-state index contributed by atoms with van der Waals surface area (Å²) < 4.78 is 0. The maximum absolute atomic E-state index is 9.19. The van der Waals surface area contributed by atoms with Crippen LogP contribution in [0.3, 0.4) is 0 Å². The van der Waals surface area contributed by atoms with Crippen molar-refractivity contribution in [2.45, 2.75) is 6.42 Å². The molecule has 1 aromatic rings. The molecule has 0 radical (unpaired) electrons. The van der Waals surface area contributed by atoms with E-state index in [-0.39, 0.29) is 0 Å². The normalized spacial score (nSPS) is 8.17. The molecule has 5 N–H and O–H groups in total. The molecule has 0 bridgehead atoms. The third-order valence-electron chi connectivity index (χ3n) is 1.36. The second-order valence-corrected chi connectivity index (χ2v) is 2.12. The number of hydrogen-bond acceptors (Lipinski definition) is 3. The minimum Gasteiger partial charge on any atom is -0.508 e. The van der Waals surface area contributed by atoms with Crippen LogP contribution in [0.1, 0.15) is 5.56 Å². The Morgan fingerprint density at radius 2 is 1.92 bits per heavy atom. The highest BCUT2D eigenvalue weighted by molar-refractivity contribution is 5.32. The van der Waals surface area contributed by atoms with Crippen LogP contribution in [0.15, 0.2) is 36.9 Å². The van der Waals surface area contributed by atoms with Crippen molar-refractivity contribution in [2.24, 2.45) is 11.7 Å². The van der Waals surface area contributed by atoms with Gasteiger partial charge in [-0.3, -0.25) is 11.7 Å². The smallest absolute Gasteiger partial charge is 0.119 e. The summed E-state index contributed by atoms with van der Waals surface area (Å²) in [4.78, 5) is 0. The first-order chi connectivity index (χ1) is 5.84. The predicted molar refractivity (Wildman–Crippen MR) is 50.4 cm³/mol. The fourth-order valence-corrected chi connectivity index (χ4v) is 0.839. The minimum atomic E-state index is 0.349. The Morgan fingerprint density at radius 3 is 2.42 bits per heavy atom. The fraction of sp³-hybridized carbons (Fsp3) is 0.111. The molecule has 66 valence electrons. The van der Waals surface area contributed by atoms with Gasteiger partial charge in [0.15, 0.2) is 0 Å². The number of rotatable bonds is 2. The molecule has 0 aliphatic carbocycles. The average molecular weight is 166 g/mol. The van der Waals surface area contributed by atoms with E-state index in [9.17, 15) is 5.11 Å². The van der Waals surface area contributed by atoms with Gasteiger partial charge in [0.1, 0.15) is 5.75 Å². The third-order valence-corrected chi connectivity index (χ3v) is 1.36. The topological polar surface area (TPSA) is 72.3 Å². The number of nitrogens with two attached hydrogens (primary N) is 2. The van der Waals surface area contributed by atoms with Crippen molar-refractivity contribution < 1.29 is 5.11 Å². The number of hydrogen-bond donors (Lipinski definition) is 3. The van der Waals surface area contributed by atoms with E-state index in [1.54, 1.807) is 12.1 Å². The summed E-state index contributed by atoms with van der Waals surface area (Å²) in [7, 11) is 0. The summed E-state index contributed by atoms with van der Waals surface area (Å²) in [6, 6.07) is 7.27. The molecule has 12 heavy (non-hydrogen) atoms. The number of aromatic hydroxyl groups is 1. The van der Waals surface area contributed by atoms with Gasteiger partial charge in [0.25, 0.3) is 0 Å². The van der Waals surface area contributed by atoms with Gasteiger partial charge in [0.2, 0.25) is 0 Å². The molecule has 0 spiro atoms. The molecule has 0 unspecified atom stereocenters. The summed E-state index contributed by atoms with van der Waals surface area (Å²) in [6.07, 6.45) is 2.50. The first-order valence-electron chi connectivity index (χ1n) is 3.55. The average Bonchev–Trinajstić information content (AvgIpc) is 2.13. The first-order valence-corrected chi connectivity index (χ1v) is 3.55. The molecule has 3 heteroatoms. The third kappa shape index (κ3) is 3.18. The van der Waals surface area contributed by atoms with Crippen LogP contribution in [0.2, 0.25) is 0 Å². The number of benzene rings is 1. The molecule has 0 fully saturated rings. The molecular formula is C9H14N2O. The second kappa shape index (κ2) is 6.39. The molecule has 0 amide bonds. The Morgan fingerprint density at radius 1 is 1.33 bits per heavy atom. The van der Waals surface area contributed by atoms with Crippen molar-refractivity contribution >= 4 is 0 Å². The molecule has 0 atom stereocenters. The lowest BCUT2D eigenvalue weighted by molar-refractivity contribution is 0.470. The number of phenolic OH excluding ortho intramolecular Hbond substituents is 1. The number of hydrazine groups is 1. The molecule has 0 aliphatic rings. The van der Waals surface area contributed by atoms with Gasteiger partial charge in [-0.2, -0.15) is 0 Å². The zero-order valence-corrected chi connectivity index (χ0v) is 6.90. The molecule has 3 nitrogen and oxygen atoms in total. The van der Waals surface area contributed by atoms with Crippen LogP contribution in [0.5, 0.6) is 5.75 Å². The Labute approximate surface area is 72.3 Å². The quantitative estimate of drug-likeness (QED) is 0.348. The van der Waals surface area contributed by atoms with Crippen LogP contribution in [0, 0.1) is 0 Å². The minimum absolute atomic E-state index is 0.349. The van der Waals surface area contributed by atoms with E-state index in [1.807, 2.05) is 18.2 Å². The van der Waals surface area contributed by atoms with E-state index >= 15 is 0 Å². The van der Waals surface area contributed by atoms with Crippen LogP contribution in [-0.4, -0.2) is 5.11 Å². The summed E-state index contributed by atoms with van der Waals surface area (Å²) >= 11 is 0. The van der Waals surface area contributed by atoms with Crippen molar-refractivity contribution in [3.8, 4) is 5.75 Å². The highest BCUT2D eigenvalue weighted by Crippen LogP contribution is 2.15. The van der Waals surface area contributed by atoms with E-state index < -0.39 is 0 Å². The van der Waals surface area contributed by atoms with Crippen LogP contribution < -0.4 is 11.7 Å². The number of phenols is 1. The van der Waals surface area contributed by atoms with E-state index in [0.717, 1.165) is 12.0 Å². The zero-order valence-electron chi connectivity index (χ0n) is 6.90. The van der Waals surface area contributed by atoms with Gasteiger partial charge in [-0.15, -0.1) is 6.58 Å². The second-order valence-electron chi connectivity index (χ2n) is 2.12. The molecule has 0 saturated heterocycles. The predicted octanol–water partition coefficient (Wildman–Crippen LogP) is 0.940. The van der Waals surface area contributed by atoms with Gasteiger partial charge in [0, 0.05) is 0 Å². The Bertz CT molecular complexity index is 236. The zero-order chi connectivity index (χ0) is 9.40. The van der Waals surface area contributed by atoms with Gasteiger partial charge in [-0.1, -0.05) is 24.3 Å². The summed E-state index contributed by atoms with van der Waals surface area (Å²) in [5.41, 5.74) is 0.928. The summed E-state index contributed by atoms with van der Waals surface area (Å²) in [6.45, 7) is 3.59. The van der Waals surface area contributed by atoms with Crippen molar-refractivity contribution in [3.05, 3.63) is 42.5 Å². The molecule has 0 heterocycles. The fourth-order valence-electron chi connectivity index (χ4n) is 0.839. The van der Waals surface area contributed by atoms with Gasteiger partial charge in [-0.25, -0.2) is 0 Å². The van der Waals surface area contributed by atoms with Gasteiger partial charge in [0.05, 0.1) is 0 Å².